The van der Waals surface area contributed by atoms with Crippen molar-refractivity contribution in [3.8, 4) is 0 Å². The van der Waals surface area contributed by atoms with Crippen LogP contribution < -0.4 is 10.6 Å². The lowest BCUT2D eigenvalue weighted by atomic mass is 9.97. The van der Waals surface area contributed by atoms with Gasteiger partial charge in [0.1, 0.15) is 5.82 Å². The van der Waals surface area contributed by atoms with Crippen molar-refractivity contribution in [1.82, 2.24) is 10.3 Å². The number of aryl methyl sites for hydroxylation is 1. The molecule has 1 aliphatic heterocycles. The van der Waals surface area contributed by atoms with Crippen molar-refractivity contribution in [1.29, 1.82) is 0 Å². The minimum atomic E-state index is 0.0569. The van der Waals surface area contributed by atoms with Crippen LogP contribution in [-0.4, -0.2) is 24.0 Å². The summed E-state index contributed by atoms with van der Waals surface area (Å²) in [6.07, 6.45) is 1.69. The molecule has 1 aromatic heterocycles. The first kappa shape index (κ1) is 11.1. The van der Waals surface area contributed by atoms with Crippen LogP contribution in [0.15, 0.2) is 18.3 Å². The molecule has 2 N–H and O–H groups in total. The molecule has 1 aliphatic rings. The fraction of sp³-hybridized carbons (Fsp3) is 0.500. The zero-order valence-electron chi connectivity index (χ0n) is 9.66. The molecule has 16 heavy (non-hydrogen) atoms. The van der Waals surface area contributed by atoms with Gasteiger partial charge in [-0.1, -0.05) is 13.0 Å². The Kier molecular flexibility index (Phi) is 3.19. The number of hydrogen-bond donors (Lipinski definition) is 2. The molecule has 4 heteroatoms. The zero-order valence-corrected chi connectivity index (χ0v) is 9.66. The molecule has 0 radical (unpaired) electrons. The first-order chi connectivity index (χ1) is 7.68. The summed E-state index contributed by atoms with van der Waals surface area (Å²) in [5.41, 5.74) is 0.995. The molecule has 0 aromatic carbocycles. The Morgan fingerprint density at radius 2 is 2.38 bits per heavy atom. The highest BCUT2D eigenvalue weighted by atomic mass is 16.2. The molecule has 0 spiro atoms. The van der Waals surface area contributed by atoms with Crippen LogP contribution in [0.2, 0.25) is 0 Å². The van der Waals surface area contributed by atoms with E-state index in [-0.39, 0.29) is 11.8 Å². The number of nitrogens with zero attached hydrogens (tertiary/aromatic N) is 1. The monoisotopic (exact) mass is 219 g/mol. The largest absolute Gasteiger partial charge is 0.316 e. The van der Waals surface area contributed by atoms with Gasteiger partial charge in [0.15, 0.2) is 0 Å². The van der Waals surface area contributed by atoms with Crippen molar-refractivity contribution in [2.75, 3.05) is 18.4 Å². The zero-order chi connectivity index (χ0) is 11.5. The van der Waals surface area contributed by atoms with Crippen LogP contribution in [0.3, 0.4) is 0 Å². The van der Waals surface area contributed by atoms with Crippen LogP contribution in [0.1, 0.15) is 12.5 Å². The Bertz CT molecular complexity index is 392. The molecular weight excluding hydrogens is 202 g/mol. The van der Waals surface area contributed by atoms with Gasteiger partial charge in [-0.25, -0.2) is 4.98 Å². The molecular formula is C12H17N3O. The summed E-state index contributed by atoms with van der Waals surface area (Å²) in [4.78, 5) is 16.1. The molecule has 0 aliphatic carbocycles. The van der Waals surface area contributed by atoms with E-state index in [1.807, 2.05) is 19.1 Å². The minimum Gasteiger partial charge on any atom is -0.316 e. The number of anilines is 1. The summed E-state index contributed by atoms with van der Waals surface area (Å²) in [6, 6.07) is 3.81. The van der Waals surface area contributed by atoms with Crippen molar-refractivity contribution in [3.63, 3.8) is 0 Å². The van der Waals surface area contributed by atoms with Crippen LogP contribution in [0, 0.1) is 18.8 Å². The summed E-state index contributed by atoms with van der Waals surface area (Å²) in [6.45, 7) is 5.71. The van der Waals surface area contributed by atoms with Gasteiger partial charge < -0.3 is 10.6 Å². The maximum absolute atomic E-state index is 12.0. The molecule has 0 bridgehead atoms. The lowest BCUT2D eigenvalue weighted by molar-refractivity contribution is -0.120. The van der Waals surface area contributed by atoms with Crippen LogP contribution in [0.25, 0.3) is 0 Å². The number of nitrogens with one attached hydrogen (secondary N) is 2. The first-order valence-electron chi connectivity index (χ1n) is 5.61. The first-order valence-corrected chi connectivity index (χ1v) is 5.61. The number of amides is 1. The van der Waals surface area contributed by atoms with E-state index >= 15 is 0 Å². The smallest absolute Gasteiger partial charge is 0.230 e. The van der Waals surface area contributed by atoms with Gasteiger partial charge in [0.25, 0.3) is 0 Å². The predicted octanol–water partition coefficient (Wildman–Crippen LogP) is 1.18. The quantitative estimate of drug-likeness (QED) is 0.785. The van der Waals surface area contributed by atoms with Gasteiger partial charge in [0, 0.05) is 12.7 Å². The molecule has 1 amide bonds. The second-order valence-corrected chi connectivity index (χ2v) is 4.40. The molecule has 0 unspecified atom stereocenters. The van der Waals surface area contributed by atoms with Gasteiger partial charge in [-0.15, -0.1) is 0 Å². The average molecular weight is 219 g/mol. The Balaban J connectivity index is 2.05. The van der Waals surface area contributed by atoms with Crippen molar-refractivity contribution in [2.24, 2.45) is 11.8 Å². The van der Waals surface area contributed by atoms with Crippen LogP contribution >= 0.6 is 0 Å². The van der Waals surface area contributed by atoms with Crippen LogP contribution in [0.5, 0.6) is 0 Å². The lowest BCUT2D eigenvalue weighted by Crippen LogP contribution is -2.28. The van der Waals surface area contributed by atoms with Gasteiger partial charge in [0.05, 0.1) is 5.92 Å². The van der Waals surface area contributed by atoms with E-state index in [2.05, 4.69) is 22.5 Å². The summed E-state index contributed by atoms with van der Waals surface area (Å²) in [7, 11) is 0. The Hall–Kier alpha value is -1.42. The Morgan fingerprint density at radius 3 is 3.00 bits per heavy atom. The van der Waals surface area contributed by atoms with Gasteiger partial charge in [0.2, 0.25) is 5.91 Å². The summed E-state index contributed by atoms with van der Waals surface area (Å²) in [5.74, 6) is 1.19. The maximum Gasteiger partial charge on any atom is 0.230 e. The van der Waals surface area contributed by atoms with Crippen molar-refractivity contribution in [2.45, 2.75) is 13.8 Å². The van der Waals surface area contributed by atoms with Gasteiger partial charge in [-0.3, -0.25) is 4.79 Å². The third-order valence-corrected chi connectivity index (χ3v) is 3.11. The van der Waals surface area contributed by atoms with Crippen molar-refractivity contribution < 1.29 is 4.79 Å². The SMILES string of the molecule is Cc1cccnc1NC(=O)[C@@H]1CNC[C@H]1C. The molecule has 0 saturated carbocycles. The van der Waals surface area contributed by atoms with Gasteiger partial charge >= 0.3 is 0 Å². The second kappa shape index (κ2) is 4.61. The van der Waals surface area contributed by atoms with Crippen LogP contribution in [-0.2, 0) is 4.79 Å². The number of hydrogen-bond acceptors (Lipinski definition) is 3. The fourth-order valence-corrected chi connectivity index (χ4v) is 1.99. The number of carbonyl (C=O) groups excluding carboxylic acids is 1. The topological polar surface area (TPSA) is 54.0 Å². The van der Waals surface area contributed by atoms with Gasteiger partial charge in [-0.2, -0.15) is 0 Å². The lowest BCUT2D eigenvalue weighted by Gasteiger charge is -2.14. The maximum atomic E-state index is 12.0. The van der Waals surface area contributed by atoms with Crippen LogP contribution in [0.4, 0.5) is 5.82 Å². The highest BCUT2D eigenvalue weighted by Crippen LogP contribution is 2.18. The summed E-state index contributed by atoms with van der Waals surface area (Å²) >= 11 is 0. The highest BCUT2D eigenvalue weighted by molar-refractivity contribution is 5.92. The normalized spacial score (nSPS) is 24.4. The minimum absolute atomic E-state index is 0.0569. The molecule has 86 valence electrons. The van der Waals surface area contributed by atoms with E-state index in [0.717, 1.165) is 18.7 Å². The van der Waals surface area contributed by atoms with E-state index in [1.165, 1.54) is 0 Å². The molecule has 1 saturated heterocycles. The number of carbonyl (C=O) groups is 1. The molecule has 2 heterocycles. The second-order valence-electron chi connectivity index (χ2n) is 4.40. The predicted molar refractivity (Wildman–Crippen MR) is 63.1 cm³/mol. The summed E-state index contributed by atoms with van der Waals surface area (Å²) < 4.78 is 0. The van der Waals surface area contributed by atoms with E-state index in [1.54, 1.807) is 6.20 Å². The van der Waals surface area contributed by atoms with Crippen molar-refractivity contribution in [3.05, 3.63) is 23.9 Å². The third-order valence-electron chi connectivity index (χ3n) is 3.11. The van der Waals surface area contributed by atoms with E-state index in [9.17, 15) is 4.79 Å². The molecule has 1 fully saturated rings. The standard InChI is InChI=1S/C12H17N3O/c1-8-4-3-5-14-11(8)15-12(16)10-7-13-6-9(10)2/h3-5,9-10,13H,6-7H2,1-2H3,(H,14,15,16)/t9-,10-/m1/s1. The molecule has 2 atom stereocenters. The highest BCUT2D eigenvalue weighted by Gasteiger charge is 2.29. The Morgan fingerprint density at radius 1 is 1.56 bits per heavy atom. The van der Waals surface area contributed by atoms with E-state index in [4.69, 9.17) is 0 Å². The average Bonchev–Trinajstić information content (AvgIpc) is 2.68. The third kappa shape index (κ3) is 2.22. The molecule has 2 rings (SSSR count). The molecule has 4 nitrogen and oxygen atoms in total. The van der Waals surface area contributed by atoms with Crippen molar-refractivity contribution >= 4 is 11.7 Å². The van der Waals surface area contributed by atoms with Gasteiger partial charge in [-0.05, 0) is 31.0 Å². The number of pyridine rings is 1. The number of aromatic nitrogens is 1. The van der Waals surface area contributed by atoms with E-state index < -0.39 is 0 Å². The van der Waals surface area contributed by atoms with E-state index in [0.29, 0.717) is 11.7 Å². The molecule has 1 aromatic rings. The fourth-order valence-electron chi connectivity index (χ4n) is 1.99. The Labute approximate surface area is 95.5 Å². The number of rotatable bonds is 2. The summed E-state index contributed by atoms with van der Waals surface area (Å²) in [5, 5.41) is 6.11.